The summed E-state index contributed by atoms with van der Waals surface area (Å²) < 4.78 is 21.6. The highest BCUT2D eigenvalue weighted by molar-refractivity contribution is 5.91. The molecular formula is C25H27NO6. The molecule has 0 unspecified atom stereocenters. The Bertz CT molecular complexity index is 981. The first-order valence-corrected chi connectivity index (χ1v) is 10.2. The van der Waals surface area contributed by atoms with Gasteiger partial charge in [-0.05, 0) is 36.8 Å². The van der Waals surface area contributed by atoms with Crippen LogP contribution in [0.3, 0.4) is 0 Å². The van der Waals surface area contributed by atoms with Crippen LogP contribution >= 0.6 is 0 Å². The van der Waals surface area contributed by atoms with Gasteiger partial charge >= 0.3 is 5.97 Å². The Balaban J connectivity index is 1.87. The standard InChI is InChI=1S/C25H27NO6/c1-5-17(2)22(32-25(28)19-11-13-20(30-4)14-12-19)21-23(31-16-29-3)24(27)26(21)15-18-9-7-6-8-10-18/h6-14,21-23H,1,15-16H2,2-4H3/t21-,22+,23+/m0/s1. The number of likely N-dealkylation sites (tertiary alicyclic amines) is 1. The Hall–Kier alpha value is -3.38. The predicted octanol–water partition coefficient (Wildman–Crippen LogP) is 3.35. The van der Waals surface area contributed by atoms with Gasteiger partial charge in [0.2, 0.25) is 0 Å². The Morgan fingerprint density at radius 1 is 1.12 bits per heavy atom. The summed E-state index contributed by atoms with van der Waals surface area (Å²) in [5.41, 5.74) is 4.72. The third-order valence-corrected chi connectivity index (χ3v) is 5.33. The van der Waals surface area contributed by atoms with E-state index in [1.165, 1.54) is 7.11 Å². The van der Waals surface area contributed by atoms with Crippen molar-refractivity contribution in [3.05, 3.63) is 83.6 Å². The minimum atomic E-state index is -0.810. The average Bonchev–Trinajstić information content (AvgIpc) is 2.84. The summed E-state index contributed by atoms with van der Waals surface area (Å²) >= 11 is 0. The number of rotatable bonds is 10. The minimum Gasteiger partial charge on any atom is -0.497 e. The molecule has 7 heteroatoms. The van der Waals surface area contributed by atoms with E-state index in [4.69, 9.17) is 18.9 Å². The van der Waals surface area contributed by atoms with Crippen LogP contribution < -0.4 is 4.74 Å². The maximum Gasteiger partial charge on any atom is 0.338 e. The fourth-order valence-electron chi connectivity index (χ4n) is 3.56. The maximum absolute atomic E-state index is 12.9. The molecule has 0 saturated carbocycles. The van der Waals surface area contributed by atoms with Gasteiger partial charge in [-0.1, -0.05) is 36.9 Å². The number of β-lactam (4-membered cyclic amide) rings is 1. The molecule has 0 aromatic heterocycles. The van der Waals surface area contributed by atoms with Crippen LogP contribution in [0.2, 0.25) is 0 Å². The van der Waals surface area contributed by atoms with Crippen LogP contribution in [0.15, 0.2) is 72.5 Å². The van der Waals surface area contributed by atoms with Crippen molar-refractivity contribution in [2.45, 2.75) is 31.7 Å². The Morgan fingerprint density at radius 2 is 1.81 bits per heavy atom. The minimum absolute atomic E-state index is 0.0535. The van der Waals surface area contributed by atoms with E-state index in [0.29, 0.717) is 23.4 Å². The molecule has 3 rings (SSSR count). The fourth-order valence-corrected chi connectivity index (χ4v) is 3.56. The number of nitrogens with zero attached hydrogens (tertiary/aromatic N) is 1. The SMILES string of the molecule is C=C=C(C)[C@@H](OC(=O)c1ccc(OC)cc1)[C@H]1[C@@H](OCOC)C(=O)N1Cc1ccccc1. The van der Waals surface area contributed by atoms with Gasteiger partial charge in [-0.15, -0.1) is 5.73 Å². The Kier molecular flexibility index (Phi) is 7.84. The summed E-state index contributed by atoms with van der Waals surface area (Å²) in [7, 11) is 3.03. The van der Waals surface area contributed by atoms with Crippen molar-refractivity contribution < 1.29 is 28.5 Å². The second kappa shape index (κ2) is 10.8. The van der Waals surface area contributed by atoms with E-state index in [2.05, 4.69) is 12.3 Å². The molecule has 2 aromatic rings. The van der Waals surface area contributed by atoms with Gasteiger partial charge in [0.1, 0.15) is 18.6 Å². The summed E-state index contributed by atoms with van der Waals surface area (Å²) in [6, 6.07) is 15.6. The monoisotopic (exact) mass is 437 g/mol. The summed E-state index contributed by atoms with van der Waals surface area (Å²) in [4.78, 5) is 27.4. The van der Waals surface area contributed by atoms with E-state index >= 15 is 0 Å². The van der Waals surface area contributed by atoms with Gasteiger partial charge < -0.3 is 23.8 Å². The van der Waals surface area contributed by atoms with Crippen LogP contribution in [0.4, 0.5) is 0 Å². The quantitative estimate of drug-likeness (QED) is 0.246. The highest BCUT2D eigenvalue weighted by Gasteiger charge is 2.54. The zero-order chi connectivity index (χ0) is 23.1. The third-order valence-electron chi connectivity index (χ3n) is 5.33. The molecule has 0 aliphatic carbocycles. The van der Waals surface area contributed by atoms with E-state index in [0.717, 1.165) is 5.56 Å². The molecule has 1 saturated heterocycles. The van der Waals surface area contributed by atoms with Crippen molar-refractivity contribution >= 4 is 11.9 Å². The van der Waals surface area contributed by atoms with Crippen LogP contribution in [-0.4, -0.2) is 56.0 Å². The number of carbonyl (C=O) groups is 2. The molecule has 1 aliphatic heterocycles. The summed E-state index contributed by atoms with van der Waals surface area (Å²) in [5, 5.41) is 0. The number of ether oxygens (including phenoxy) is 4. The number of amides is 1. The Morgan fingerprint density at radius 3 is 2.41 bits per heavy atom. The average molecular weight is 437 g/mol. The molecule has 2 aromatic carbocycles. The lowest BCUT2D eigenvalue weighted by molar-refractivity contribution is -0.197. The van der Waals surface area contributed by atoms with Crippen LogP contribution in [0.25, 0.3) is 0 Å². The lowest BCUT2D eigenvalue weighted by atomic mass is 9.88. The first-order chi connectivity index (χ1) is 15.5. The van der Waals surface area contributed by atoms with E-state index in [9.17, 15) is 9.59 Å². The van der Waals surface area contributed by atoms with Crippen LogP contribution in [0.5, 0.6) is 5.75 Å². The van der Waals surface area contributed by atoms with Crippen molar-refractivity contribution in [3.63, 3.8) is 0 Å². The normalized spacial score (nSPS) is 18.3. The molecule has 1 amide bonds. The summed E-state index contributed by atoms with van der Waals surface area (Å²) in [5.74, 6) is -0.0954. The first-order valence-electron chi connectivity index (χ1n) is 10.2. The molecule has 0 N–H and O–H groups in total. The lowest BCUT2D eigenvalue weighted by Crippen LogP contribution is -2.70. The summed E-state index contributed by atoms with van der Waals surface area (Å²) in [6.07, 6.45) is -1.60. The zero-order valence-electron chi connectivity index (χ0n) is 18.4. The summed E-state index contributed by atoms with van der Waals surface area (Å²) in [6.45, 7) is 5.77. The molecule has 7 nitrogen and oxygen atoms in total. The molecule has 0 spiro atoms. The molecule has 168 valence electrons. The maximum atomic E-state index is 12.9. The molecule has 0 bridgehead atoms. The second-order valence-corrected chi connectivity index (χ2v) is 7.35. The second-order valence-electron chi connectivity index (χ2n) is 7.35. The third kappa shape index (κ3) is 5.08. The van der Waals surface area contributed by atoms with Crippen molar-refractivity contribution in [2.24, 2.45) is 0 Å². The lowest BCUT2D eigenvalue weighted by Gasteiger charge is -2.49. The highest BCUT2D eigenvalue weighted by Crippen LogP contribution is 2.33. The van der Waals surface area contributed by atoms with Gasteiger partial charge in [-0.2, -0.15) is 0 Å². The van der Waals surface area contributed by atoms with Gasteiger partial charge in [0.25, 0.3) is 5.91 Å². The number of hydrogen-bond acceptors (Lipinski definition) is 6. The number of hydrogen-bond donors (Lipinski definition) is 0. The predicted molar refractivity (Wildman–Crippen MR) is 118 cm³/mol. The van der Waals surface area contributed by atoms with Crippen molar-refractivity contribution in [1.82, 2.24) is 4.90 Å². The number of benzene rings is 2. The van der Waals surface area contributed by atoms with E-state index < -0.39 is 24.2 Å². The Labute approximate surface area is 187 Å². The largest absolute Gasteiger partial charge is 0.497 e. The molecule has 1 aliphatic rings. The van der Waals surface area contributed by atoms with Crippen molar-refractivity contribution in [3.8, 4) is 5.75 Å². The van der Waals surface area contributed by atoms with E-state index in [1.807, 2.05) is 30.3 Å². The van der Waals surface area contributed by atoms with E-state index in [1.54, 1.807) is 43.2 Å². The fraction of sp³-hybridized carbons (Fsp3) is 0.320. The van der Waals surface area contributed by atoms with E-state index in [-0.39, 0.29) is 12.7 Å². The molecule has 3 atom stereocenters. The van der Waals surface area contributed by atoms with Gasteiger partial charge in [0.05, 0.1) is 12.7 Å². The molecule has 1 fully saturated rings. The van der Waals surface area contributed by atoms with Gasteiger partial charge in [-0.25, -0.2) is 4.79 Å². The number of esters is 1. The van der Waals surface area contributed by atoms with Crippen LogP contribution in [-0.2, 0) is 25.5 Å². The van der Waals surface area contributed by atoms with Gasteiger partial charge in [0, 0.05) is 19.2 Å². The first kappa shape index (κ1) is 23.3. The number of methoxy groups -OCH3 is 2. The van der Waals surface area contributed by atoms with Crippen LogP contribution in [0, 0.1) is 0 Å². The van der Waals surface area contributed by atoms with Crippen LogP contribution in [0.1, 0.15) is 22.8 Å². The highest BCUT2D eigenvalue weighted by atomic mass is 16.7. The molecule has 0 radical (unpaired) electrons. The topological polar surface area (TPSA) is 74.3 Å². The molecular weight excluding hydrogens is 410 g/mol. The van der Waals surface area contributed by atoms with Gasteiger partial charge in [-0.3, -0.25) is 4.79 Å². The zero-order valence-corrected chi connectivity index (χ0v) is 18.4. The molecule has 1 heterocycles. The van der Waals surface area contributed by atoms with Gasteiger partial charge in [0.15, 0.2) is 12.2 Å². The van der Waals surface area contributed by atoms with Crippen molar-refractivity contribution in [1.29, 1.82) is 0 Å². The molecule has 32 heavy (non-hydrogen) atoms. The smallest absolute Gasteiger partial charge is 0.338 e. The number of carbonyl (C=O) groups excluding carboxylic acids is 2. The van der Waals surface area contributed by atoms with Crippen molar-refractivity contribution in [2.75, 3.05) is 21.0 Å².